The van der Waals surface area contributed by atoms with E-state index in [1.807, 2.05) is 0 Å². The Labute approximate surface area is 753 Å². The van der Waals surface area contributed by atoms with E-state index in [9.17, 15) is 97.1 Å². The Morgan fingerprint density at radius 3 is 1.56 bits per heavy atom. The molecule has 0 saturated carbocycles. The maximum Gasteiger partial charge on any atom is 0.326 e. The van der Waals surface area contributed by atoms with Crippen LogP contribution in [-0.4, -0.2) is 285 Å². The lowest BCUT2D eigenvalue weighted by Gasteiger charge is -2.31. The summed E-state index contributed by atoms with van der Waals surface area (Å²) in [5.41, 5.74) is 24.3. The van der Waals surface area contributed by atoms with Crippen LogP contribution in [0.1, 0.15) is 138 Å². The fourth-order valence-electron chi connectivity index (χ4n) is 12.1. The molecule has 1 saturated heterocycles. The quantitative estimate of drug-likeness (QED) is 0.0127. The van der Waals surface area contributed by atoms with Gasteiger partial charge in [-0.05, 0) is 86.2 Å². The Balaban J connectivity index is 0.0000138. The van der Waals surface area contributed by atoms with E-state index in [4.69, 9.17) is 43.7 Å². The van der Waals surface area contributed by atoms with E-state index < -0.39 is 291 Å². The summed E-state index contributed by atoms with van der Waals surface area (Å²) in [6, 6.07) is -5.89. The van der Waals surface area contributed by atoms with Crippen molar-refractivity contribution in [3.63, 3.8) is 0 Å². The van der Waals surface area contributed by atoms with Crippen molar-refractivity contribution in [3.05, 3.63) is 71.8 Å². The van der Waals surface area contributed by atoms with Crippen molar-refractivity contribution in [1.82, 2.24) is 90.4 Å². The number of carbonyl (C=O) groups excluding carboxylic acids is 16. The summed E-state index contributed by atoms with van der Waals surface area (Å²) >= 11 is 0. The van der Waals surface area contributed by atoms with Gasteiger partial charge in [-0.2, -0.15) is 0 Å². The monoisotopic (exact) mass is 1860 g/mol. The predicted octanol–water partition coefficient (Wildman–Crippen LogP) is -7.05. The predicted molar refractivity (Wildman–Crippen MR) is 472 cm³/mol. The Bertz CT molecular complexity index is 4140. The van der Waals surface area contributed by atoms with Gasteiger partial charge in [0.15, 0.2) is 11.9 Å². The number of carbonyl (C=O) groups is 19. The van der Waals surface area contributed by atoms with Crippen LogP contribution in [0.2, 0.25) is 0 Å². The summed E-state index contributed by atoms with van der Waals surface area (Å²) < 4.78 is 0. The second kappa shape index (κ2) is 59.5. The van der Waals surface area contributed by atoms with Gasteiger partial charge >= 0.3 is 11.9 Å². The van der Waals surface area contributed by atoms with E-state index in [1.54, 1.807) is 88.4 Å². The van der Waals surface area contributed by atoms with Gasteiger partial charge < -0.3 is 139 Å². The molecule has 718 valence electrons. The van der Waals surface area contributed by atoms with Crippen LogP contribution >= 0.6 is 21.6 Å². The van der Waals surface area contributed by atoms with Crippen LogP contribution in [0.5, 0.6) is 0 Å². The number of aliphatic carboxylic acids is 3. The van der Waals surface area contributed by atoms with E-state index in [-0.39, 0.29) is 69.9 Å². The maximum absolute atomic E-state index is 15.1. The summed E-state index contributed by atoms with van der Waals surface area (Å²) in [4.78, 5) is 260. The molecule has 2 aromatic rings. The van der Waals surface area contributed by atoms with Crippen molar-refractivity contribution in [2.45, 2.75) is 224 Å². The van der Waals surface area contributed by atoms with Crippen LogP contribution < -0.4 is 113 Å². The van der Waals surface area contributed by atoms with Crippen molar-refractivity contribution in [2.24, 2.45) is 46.6 Å². The molecule has 129 heavy (non-hydrogen) atoms. The van der Waals surface area contributed by atoms with Gasteiger partial charge in [0.05, 0.1) is 32.3 Å². The van der Waals surface area contributed by atoms with E-state index >= 15 is 9.59 Å². The average molecular weight is 1860 g/mol. The summed E-state index contributed by atoms with van der Waals surface area (Å²) in [5.74, 6) is -25.7. The zero-order valence-corrected chi connectivity index (χ0v) is 75.1. The molecule has 1 heterocycles. The number of aliphatic hydroxyl groups excluding tert-OH is 2. The fraction of sp³-hybridized carbons (Fsp3) is 0.588. The number of nitrogens with one attached hydrogen (secondary N) is 19. The zero-order chi connectivity index (χ0) is 97.3. The molecular formula is C80H127N23O24S2. The molecule has 49 heteroatoms. The molecule has 2 aromatic carbocycles. The molecule has 0 aromatic heterocycles. The maximum atomic E-state index is 15.1. The minimum atomic E-state index is -1.95. The van der Waals surface area contributed by atoms with Crippen LogP contribution in [0, 0.1) is 34.5 Å². The first kappa shape index (κ1) is 113. The van der Waals surface area contributed by atoms with Crippen LogP contribution in [0.15, 0.2) is 60.7 Å². The summed E-state index contributed by atoms with van der Waals surface area (Å²) in [6.45, 7) is 9.49. The Hall–Kier alpha value is -12.5. The average Bonchev–Trinajstić information content (AvgIpc) is 0.850. The minimum absolute atomic E-state index is 0.0573. The molecule has 0 unspecified atom stereocenters. The highest BCUT2D eigenvalue weighted by Gasteiger charge is 2.40. The number of hydrogen-bond donors (Lipinski definition) is 28. The normalized spacial score (nSPS) is 19.3. The van der Waals surface area contributed by atoms with Crippen molar-refractivity contribution in [2.75, 3.05) is 50.9 Å². The van der Waals surface area contributed by atoms with Gasteiger partial charge in [0, 0.05) is 50.8 Å². The van der Waals surface area contributed by atoms with Crippen LogP contribution in [0.25, 0.3) is 0 Å². The minimum Gasteiger partial charge on any atom is -0.481 e. The highest BCUT2D eigenvalue weighted by atomic mass is 33.1. The molecule has 0 aliphatic carbocycles. The van der Waals surface area contributed by atoms with Gasteiger partial charge in [-0.3, -0.25) is 97.1 Å². The molecular weight excluding hydrogens is 1730 g/mol. The number of primary amides is 1. The number of carboxylic acid groups (broad SMARTS) is 3. The number of guanidine groups is 2. The second-order valence-electron chi connectivity index (χ2n) is 31.3. The van der Waals surface area contributed by atoms with Gasteiger partial charge in [-0.25, -0.2) is 4.79 Å². The van der Waals surface area contributed by atoms with Gasteiger partial charge in [0.25, 0.3) is 5.97 Å². The molecule has 0 radical (unpaired) electrons. The van der Waals surface area contributed by atoms with Crippen molar-refractivity contribution < 1.29 is 117 Å². The van der Waals surface area contributed by atoms with Crippen molar-refractivity contribution >= 4 is 146 Å². The first-order valence-electron chi connectivity index (χ1n) is 41.6. The van der Waals surface area contributed by atoms with E-state index in [1.165, 1.54) is 27.7 Å². The number of rotatable bonds is 43. The highest BCUT2D eigenvalue weighted by Crippen LogP contribution is 2.24. The first-order valence-corrected chi connectivity index (χ1v) is 44.1. The molecule has 3 rings (SSSR count). The van der Waals surface area contributed by atoms with E-state index in [2.05, 4.69) is 90.4 Å². The topological polar surface area (TPSA) is 782 Å². The molecule has 47 nitrogen and oxygen atoms in total. The number of aliphatic hydroxyl groups is 2. The zero-order valence-electron chi connectivity index (χ0n) is 73.4. The summed E-state index contributed by atoms with van der Waals surface area (Å²) in [6.07, 6.45) is -2.85. The lowest BCUT2D eigenvalue weighted by molar-refractivity contribution is -0.142. The number of amides is 16. The fourth-order valence-corrected chi connectivity index (χ4v) is 14.5. The summed E-state index contributed by atoms with van der Waals surface area (Å²) in [7, 11) is 1.35. The van der Waals surface area contributed by atoms with Crippen LogP contribution in [-0.2, 0) is 104 Å². The van der Waals surface area contributed by atoms with Gasteiger partial charge in [-0.15, -0.1) is 0 Å². The van der Waals surface area contributed by atoms with Gasteiger partial charge in [0.1, 0.15) is 78.5 Å². The molecule has 0 spiro atoms. The van der Waals surface area contributed by atoms with E-state index in [0.29, 0.717) is 27.2 Å². The molecule has 1 fully saturated rings. The SMILES string of the molecule is CC(=O)O.CC[C@H](C)[C@H](NC(=O)[C@H](CCCNC(=N)N)NC(=O)[C@H](CC(C)C)NC(=O)[C@@H](N)Cc1ccccc1)C(=O)N[C@H](C(=O)N[C@@H](CCC(N)=O)C(=O)N[C@H]1CSSC[C@@H](C(=O)NCC(=O)N[C@@H](Cc2ccccc2)C(=O)O)NC(=O)[C@H](CO)NC(=O)CNC(=O)[C@H](CCC(=O)O)NC(=O)[C@H](C(C)C)NC(=O)[C@H](CO)NC(=O)[C@H](CCCNC(=N)N)NC1=O)C(C)C. The Morgan fingerprint density at radius 2 is 1.02 bits per heavy atom. The van der Waals surface area contributed by atoms with Crippen molar-refractivity contribution in [1.29, 1.82) is 10.8 Å². The largest absolute Gasteiger partial charge is 0.481 e. The number of carboxylic acids is 3. The first-order chi connectivity index (χ1) is 60.7. The molecule has 1 aliphatic heterocycles. The lowest BCUT2D eigenvalue weighted by atomic mass is 9.95. The third-order valence-electron chi connectivity index (χ3n) is 19.3. The van der Waals surface area contributed by atoms with E-state index in [0.717, 1.165) is 12.5 Å². The van der Waals surface area contributed by atoms with Crippen LogP contribution in [0.3, 0.4) is 0 Å². The number of hydrogen-bond acceptors (Lipinski definition) is 26. The standard InChI is InChI=1S/C78H123N23O22S2.C2H4O2/c1-9-42(8)62(101-68(114)47(23-17-29-86-78(83)84)91-69(115)50(30-39(2)3)95-63(109)45(79)31-43-18-12-10-13-19-43)75(121)100-61(41(6)7)74(120)94-49(24-26-56(80)104)67(113)98-55-38-125-124-37-54(65(111)88-33-57(105)89-51(76(122)123)32-44-20-14-11-15-21-44)97-70(116)52(35-102)90-58(106)34-87-64(110)48(25-27-59(107)108)93-73(119)60(40(4)5)99-71(117)53(36-103)96-66(112)46(92-72(55)118)22-16-28-85-77(81)82;1-2(3)4/h10-15,18-21,39-42,45-55,60-62,102-103H,9,16-17,22-38,79H2,1-8H3,(H2,80,104)(H,87,110)(H,88,111)(H,89,105)(H,90,106)(H,91,115)(H,92,118)(H,93,119)(H,94,120)(H,95,109)(H,96,112)(H,97,116)(H,98,113)(H,99,117)(H,100,121)(H,101,114)(H,107,108)(H,122,123)(H4,81,82,85)(H4,83,84,86);1H3,(H,3,4)/t42-,45-,46-,47-,48-,49-,50-,51-,52-,53-,54-,55-,60-,61-,62-;/m0./s1. The second-order valence-corrected chi connectivity index (χ2v) is 33.9. The molecule has 15 atom stereocenters. The van der Waals surface area contributed by atoms with Crippen LogP contribution in [0.4, 0.5) is 0 Å². The van der Waals surface area contributed by atoms with Crippen molar-refractivity contribution in [3.8, 4) is 0 Å². The molecule has 0 bridgehead atoms. The highest BCUT2D eigenvalue weighted by molar-refractivity contribution is 8.76. The third kappa shape index (κ3) is 44.7. The molecule has 1 aliphatic rings. The van der Waals surface area contributed by atoms with Gasteiger partial charge in [-0.1, -0.05) is 144 Å². The molecule has 16 amide bonds. The smallest absolute Gasteiger partial charge is 0.326 e. The number of nitrogens with two attached hydrogens (primary N) is 4. The molecule has 32 N–H and O–H groups in total. The lowest BCUT2D eigenvalue weighted by Crippen LogP contribution is -2.62. The summed E-state index contributed by atoms with van der Waals surface area (Å²) in [5, 5.41) is 105. The third-order valence-corrected chi connectivity index (χ3v) is 21.7. The Kier molecular flexibility index (Phi) is 51.9. The number of benzene rings is 2. The van der Waals surface area contributed by atoms with Gasteiger partial charge in [0.2, 0.25) is 94.5 Å². The Morgan fingerprint density at radius 1 is 0.519 bits per heavy atom.